The number of benzene rings is 5. The van der Waals surface area contributed by atoms with Crippen LogP contribution < -0.4 is 10.2 Å². The first-order chi connectivity index (χ1) is 17.4. The van der Waals surface area contributed by atoms with Crippen LogP contribution in [0.15, 0.2) is 91.0 Å². The molecule has 0 saturated heterocycles. The van der Waals surface area contributed by atoms with Crippen LogP contribution in [-0.4, -0.2) is 16.7 Å². The second-order valence-electron chi connectivity index (χ2n) is 8.41. The second kappa shape index (κ2) is 8.18. The first-order valence-corrected chi connectivity index (χ1v) is 11.4. The van der Waals surface area contributed by atoms with E-state index < -0.39 is 16.7 Å². The predicted molar refractivity (Wildman–Crippen MR) is 140 cm³/mol. The Balaban J connectivity index is 1.55. The molecule has 0 saturated carbocycles. The Labute approximate surface area is 209 Å². The molecule has 6 rings (SSSR count). The summed E-state index contributed by atoms with van der Waals surface area (Å²) in [6.07, 6.45) is 0. The zero-order chi connectivity index (χ0) is 25.0. The van der Waals surface area contributed by atoms with E-state index in [4.69, 9.17) is 11.6 Å². The largest absolute Gasteiger partial charge is 0.349 e. The van der Waals surface area contributed by atoms with E-state index in [1.165, 1.54) is 6.07 Å². The number of hydrogen-bond donors (Lipinski definition) is 1. The van der Waals surface area contributed by atoms with Crippen molar-refractivity contribution in [3.8, 4) is 0 Å². The molecule has 0 bridgehead atoms. The van der Waals surface area contributed by atoms with Crippen molar-refractivity contribution in [2.45, 2.75) is 0 Å². The van der Waals surface area contributed by atoms with Gasteiger partial charge in [-0.1, -0.05) is 54.1 Å². The molecule has 0 aliphatic carbocycles. The van der Waals surface area contributed by atoms with Crippen molar-refractivity contribution in [1.29, 1.82) is 0 Å². The Morgan fingerprint density at radius 3 is 2.25 bits per heavy atom. The fourth-order valence-corrected chi connectivity index (χ4v) is 4.78. The molecule has 0 spiro atoms. The first kappa shape index (κ1) is 21.8. The molecule has 174 valence electrons. The molecule has 1 heterocycles. The molecule has 1 aliphatic heterocycles. The summed E-state index contributed by atoms with van der Waals surface area (Å²) >= 11 is 5.97. The first-order valence-electron chi connectivity index (χ1n) is 11.1. The number of carbonyl (C=O) groups is 2. The molecule has 5 aromatic rings. The van der Waals surface area contributed by atoms with Crippen molar-refractivity contribution >= 4 is 67.7 Å². The maximum atomic E-state index is 13.7. The monoisotopic (exact) mass is 493 g/mol. The Hall–Kier alpha value is -4.75. The van der Waals surface area contributed by atoms with Crippen LogP contribution in [0.1, 0.15) is 20.7 Å². The number of anilines is 3. The fourth-order valence-electron chi connectivity index (χ4n) is 4.65. The molecule has 5 aromatic carbocycles. The zero-order valence-corrected chi connectivity index (χ0v) is 19.3. The number of halogens is 1. The van der Waals surface area contributed by atoms with E-state index >= 15 is 0 Å². The minimum absolute atomic E-state index is 0.0988. The number of fused-ring (bicyclic) bond motifs is 1. The molecule has 1 aliphatic rings. The fraction of sp³-hybridized carbons (Fsp3) is 0. The van der Waals surface area contributed by atoms with E-state index in [9.17, 15) is 19.7 Å². The van der Waals surface area contributed by atoms with Crippen LogP contribution in [0.5, 0.6) is 0 Å². The molecule has 0 radical (unpaired) electrons. The number of nitro groups is 1. The molecule has 0 fully saturated rings. The van der Waals surface area contributed by atoms with Gasteiger partial charge in [-0.2, -0.15) is 0 Å². The number of amides is 2. The van der Waals surface area contributed by atoms with E-state index in [0.717, 1.165) is 15.7 Å². The summed E-state index contributed by atoms with van der Waals surface area (Å²) in [6.45, 7) is 0. The summed E-state index contributed by atoms with van der Waals surface area (Å²) in [5.41, 5.74) is 1.30. The van der Waals surface area contributed by atoms with Crippen LogP contribution in [0.2, 0.25) is 5.02 Å². The average Bonchev–Trinajstić information content (AvgIpc) is 2.89. The summed E-state index contributed by atoms with van der Waals surface area (Å²) < 4.78 is 0. The third-order valence-corrected chi connectivity index (χ3v) is 6.56. The highest BCUT2D eigenvalue weighted by Crippen LogP contribution is 2.42. The second-order valence-corrected chi connectivity index (χ2v) is 8.85. The summed E-state index contributed by atoms with van der Waals surface area (Å²) in [5.74, 6) is -1.10. The van der Waals surface area contributed by atoms with Crippen molar-refractivity contribution in [2.75, 3.05) is 10.2 Å². The van der Waals surface area contributed by atoms with Crippen LogP contribution in [0.4, 0.5) is 22.7 Å². The predicted octanol–water partition coefficient (Wildman–Crippen LogP) is 7.10. The third kappa shape index (κ3) is 3.37. The summed E-state index contributed by atoms with van der Waals surface area (Å²) in [6, 6.07) is 25.8. The summed E-state index contributed by atoms with van der Waals surface area (Å²) in [5, 5.41) is 18.3. The van der Waals surface area contributed by atoms with Crippen molar-refractivity contribution in [3.63, 3.8) is 0 Å². The van der Waals surface area contributed by atoms with Crippen LogP contribution in [0, 0.1) is 10.1 Å². The Kier molecular flexibility index (Phi) is 4.94. The molecule has 0 unspecified atom stereocenters. The summed E-state index contributed by atoms with van der Waals surface area (Å²) in [7, 11) is 0. The number of nitrogens with zero attached hydrogens (tertiary/aromatic N) is 2. The Morgan fingerprint density at radius 2 is 1.50 bits per heavy atom. The molecular formula is C28H16ClN3O4. The number of nitro benzene ring substituents is 1. The van der Waals surface area contributed by atoms with Gasteiger partial charge in [-0.15, -0.1) is 0 Å². The molecule has 0 aromatic heterocycles. The van der Waals surface area contributed by atoms with Crippen molar-refractivity contribution in [3.05, 3.63) is 117 Å². The SMILES string of the molecule is O=C1c2cccc3c(Nc4ccc(Cl)cc4)c([N+](=O)[O-])cc(c23)C(=O)N1c1ccc2ccccc2c1. The minimum atomic E-state index is -0.611. The maximum absolute atomic E-state index is 13.7. The Morgan fingerprint density at radius 1 is 0.778 bits per heavy atom. The highest BCUT2D eigenvalue weighted by molar-refractivity contribution is 6.37. The molecule has 36 heavy (non-hydrogen) atoms. The zero-order valence-electron chi connectivity index (χ0n) is 18.6. The number of hydrogen-bond acceptors (Lipinski definition) is 5. The van der Waals surface area contributed by atoms with Gasteiger partial charge in [0.25, 0.3) is 17.5 Å². The van der Waals surface area contributed by atoms with Crippen LogP contribution in [0.25, 0.3) is 21.5 Å². The van der Waals surface area contributed by atoms with E-state index in [2.05, 4.69) is 5.32 Å². The number of carbonyl (C=O) groups excluding carboxylic acids is 2. The molecule has 8 heteroatoms. The van der Waals surface area contributed by atoms with Gasteiger partial charge in [0.2, 0.25) is 0 Å². The molecule has 2 amide bonds. The van der Waals surface area contributed by atoms with Gasteiger partial charge in [-0.05, 0) is 53.2 Å². The lowest BCUT2D eigenvalue weighted by Crippen LogP contribution is -2.40. The maximum Gasteiger partial charge on any atom is 0.294 e. The van der Waals surface area contributed by atoms with Gasteiger partial charge in [0.05, 0.1) is 16.2 Å². The van der Waals surface area contributed by atoms with E-state index in [-0.39, 0.29) is 16.9 Å². The lowest BCUT2D eigenvalue weighted by atomic mass is 9.91. The van der Waals surface area contributed by atoms with E-state index in [0.29, 0.717) is 32.7 Å². The standard InChI is InChI=1S/C28H16ClN3O4/c29-18-9-11-19(12-10-18)30-26-21-6-3-7-22-25(21)23(15-24(26)32(35)36)28(34)31(27(22)33)20-13-8-16-4-1-2-5-17(16)14-20/h1-15,30H. The highest BCUT2D eigenvalue weighted by Gasteiger charge is 2.37. The third-order valence-electron chi connectivity index (χ3n) is 6.31. The minimum Gasteiger partial charge on any atom is -0.349 e. The quantitative estimate of drug-likeness (QED) is 0.164. The van der Waals surface area contributed by atoms with Gasteiger partial charge in [0, 0.05) is 33.1 Å². The summed E-state index contributed by atoms with van der Waals surface area (Å²) in [4.78, 5) is 39.9. The highest BCUT2D eigenvalue weighted by atomic mass is 35.5. The molecule has 0 atom stereocenters. The average molecular weight is 494 g/mol. The van der Waals surface area contributed by atoms with Crippen LogP contribution in [0.3, 0.4) is 0 Å². The van der Waals surface area contributed by atoms with Crippen molar-refractivity contribution in [1.82, 2.24) is 0 Å². The van der Waals surface area contributed by atoms with Crippen molar-refractivity contribution in [2.24, 2.45) is 0 Å². The molecule has 1 N–H and O–H groups in total. The van der Waals surface area contributed by atoms with Gasteiger partial charge < -0.3 is 5.32 Å². The van der Waals surface area contributed by atoms with Gasteiger partial charge in [-0.25, -0.2) is 4.90 Å². The topological polar surface area (TPSA) is 92.5 Å². The van der Waals surface area contributed by atoms with Crippen LogP contribution in [-0.2, 0) is 0 Å². The van der Waals surface area contributed by atoms with E-state index in [1.54, 1.807) is 54.6 Å². The normalized spacial score (nSPS) is 12.9. The lowest BCUT2D eigenvalue weighted by molar-refractivity contribution is -0.383. The number of nitrogens with one attached hydrogen (secondary N) is 1. The number of rotatable bonds is 4. The van der Waals surface area contributed by atoms with Gasteiger partial charge in [0.15, 0.2) is 0 Å². The molecular weight excluding hydrogens is 478 g/mol. The van der Waals surface area contributed by atoms with Gasteiger partial charge in [-0.3, -0.25) is 19.7 Å². The van der Waals surface area contributed by atoms with E-state index in [1.807, 2.05) is 30.3 Å². The lowest BCUT2D eigenvalue weighted by Gasteiger charge is -2.28. The molecule has 7 nitrogen and oxygen atoms in total. The number of imide groups is 1. The van der Waals surface area contributed by atoms with Crippen molar-refractivity contribution < 1.29 is 14.5 Å². The van der Waals surface area contributed by atoms with Crippen LogP contribution >= 0.6 is 11.6 Å². The van der Waals surface area contributed by atoms with Gasteiger partial charge in [0.1, 0.15) is 5.69 Å². The smallest absolute Gasteiger partial charge is 0.294 e. The Bertz CT molecular complexity index is 1750. The van der Waals surface area contributed by atoms with Gasteiger partial charge >= 0.3 is 0 Å².